The van der Waals surface area contributed by atoms with E-state index in [1.165, 1.54) is 11.1 Å². The second kappa shape index (κ2) is 5.31. The fourth-order valence-electron chi connectivity index (χ4n) is 1.99. The molecule has 1 aliphatic rings. The first-order valence-electron chi connectivity index (χ1n) is 6.68. The molecular formula is C15H23N3O. The van der Waals surface area contributed by atoms with Gasteiger partial charge in [-0.05, 0) is 51.2 Å². The van der Waals surface area contributed by atoms with Crippen molar-refractivity contribution in [2.45, 2.75) is 32.5 Å². The lowest BCUT2D eigenvalue weighted by molar-refractivity contribution is 0.0919. The molecule has 0 unspecified atom stereocenters. The van der Waals surface area contributed by atoms with Gasteiger partial charge in [0.25, 0.3) is 5.91 Å². The Bertz CT molecular complexity index is 480. The second-order valence-corrected chi connectivity index (χ2v) is 5.98. The van der Waals surface area contributed by atoms with E-state index >= 15 is 0 Å². The summed E-state index contributed by atoms with van der Waals surface area (Å²) < 4.78 is 0. The van der Waals surface area contributed by atoms with Gasteiger partial charge in [-0.3, -0.25) is 4.79 Å². The van der Waals surface area contributed by atoms with E-state index in [9.17, 15) is 4.79 Å². The summed E-state index contributed by atoms with van der Waals surface area (Å²) >= 11 is 0. The highest BCUT2D eigenvalue weighted by atomic mass is 16.1. The summed E-state index contributed by atoms with van der Waals surface area (Å²) in [7, 11) is 4.04. The van der Waals surface area contributed by atoms with Crippen LogP contribution in [0.15, 0.2) is 18.2 Å². The van der Waals surface area contributed by atoms with Crippen LogP contribution in [0, 0.1) is 0 Å². The van der Waals surface area contributed by atoms with Crippen LogP contribution in [-0.2, 0) is 13.1 Å². The molecule has 0 aromatic heterocycles. The van der Waals surface area contributed by atoms with Crippen LogP contribution in [0.1, 0.15) is 35.3 Å². The van der Waals surface area contributed by atoms with Gasteiger partial charge >= 0.3 is 0 Å². The van der Waals surface area contributed by atoms with Gasteiger partial charge in [0.1, 0.15) is 0 Å². The largest absolute Gasteiger partial charge is 0.350 e. The third-order valence-electron chi connectivity index (χ3n) is 3.99. The van der Waals surface area contributed by atoms with Crippen molar-refractivity contribution < 1.29 is 4.79 Å². The summed E-state index contributed by atoms with van der Waals surface area (Å²) in [5.41, 5.74) is 3.23. The first-order chi connectivity index (χ1) is 8.90. The monoisotopic (exact) mass is 261 g/mol. The van der Waals surface area contributed by atoms with Crippen LogP contribution in [0.3, 0.4) is 0 Å². The number of nitrogens with zero attached hydrogens (tertiary/aromatic N) is 1. The predicted octanol–water partition coefficient (Wildman–Crippen LogP) is 1.36. The molecule has 1 aliphatic heterocycles. The number of amides is 1. The van der Waals surface area contributed by atoms with Crippen LogP contribution in [0.4, 0.5) is 0 Å². The molecule has 1 heterocycles. The third-order valence-corrected chi connectivity index (χ3v) is 3.99. The first kappa shape index (κ1) is 14.0. The highest BCUT2D eigenvalue weighted by molar-refractivity contribution is 5.94. The Hall–Kier alpha value is -1.39. The van der Waals surface area contributed by atoms with Gasteiger partial charge in [0.2, 0.25) is 0 Å². The number of carbonyl (C=O) groups excluding carboxylic acids is 1. The van der Waals surface area contributed by atoms with Gasteiger partial charge in [0, 0.05) is 30.7 Å². The van der Waals surface area contributed by atoms with Crippen molar-refractivity contribution in [3.8, 4) is 0 Å². The Morgan fingerprint density at radius 2 is 2.00 bits per heavy atom. The fraction of sp³-hybridized carbons (Fsp3) is 0.533. The number of likely N-dealkylation sites (N-methyl/N-ethyl adjacent to an activating group) is 1. The molecule has 0 radical (unpaired) electrons. The van der Waals surface area contributed by atoms with Crippen molar-refractivity contribution in [3.63, 3.8) is 0 Å². The fourth-order valence-corrected chi connectivity index (χ4v) is 1.99. The number of carbonyl (C=O) groups is 1. The molecular weight excluding hydrogens is 238 g/mol. The Morgan fingerprint density at radius 3 is 2.68 bits per heavy atom. The van der Waals surface area contributed by atoms with E-state index in [1.54, 1.807) is 0 Å². The Labute approximate surface area is 115 Å². The number of rotatable bonds is 4. The van der Waals surface area contributed by atoms with Crippen molar-refractivity contribution in [2.75, 3.05) is 20.6 Å². The van der Waals surface area contributed by atoms with Crippen LogP contribution in [0.25, 0.3) is 0 Å². The number of hydrogen-bond acceptors (Lipinski definition) is 3. The molecule has 4 nitrogen and oxygen atoms in total. The first-order valence-corrected chi connectivity index (χ1v) is 6.68. The molecule has 0 aliphatic carbocycles. The Morgan fingerprint density at radius 1 is 1.32 bits per heavy atom. The zero-order valence-corrected chi connectivity index (χ0v) is 12.2. The van der Waals surface area contributed by atoms with E-state index in [2.05, 4.69) is 29.4 Å². The lowest BCUT2D eigenvalue weighted by Crippen LogP contribution is -2.48. The summed E-state index contributed by atoms with van der Waals surface area (Å²) in [6.45, 7) is 6.62. The van der Waals surface area contributed by atoms with Gasteiger partial charge in [-0.2, -0.15) is 0 Å². The maximum absolute atomic E-state index is 12.2. The molecule has 1 aromatic carbocycles. The van der Waals surface area contributed by atoms with Crippen LogP contribution in [-0.4, -0.2) is 37.0 Å². The van der Waals surface area contributed by atoms with Gasteiger partial charge in [0.05, 0.1) is 0 Å². The van der Waals surface area contributed by atoms with E-state index in [4.69, 9.17) is 0 Å². The molecule has 19 heavy (non-hydrogen) atoms. The molecule has 0 spiro atoms. The molecule has 104 valence electrons. The standard InChI is InChI=1S/C15H23N3O/c1-15(2,18(3)4)10-17-14(19)11-5-6-12-8-16-9-13(12)7-11/h5-7,16H,8-10H2,1-4H3,(H,17,19). The van der Waals surface area contributed by atoms with Gasteiger partial charge in [-0.15, -0.1) is 0 Å². The summed E-state index contributed by atoms with van der Waals surface area (Å²) in [4.78, 5) is 14.3. The molecule has 0 bridgehead atoms. The predicted molar refractivity (Wildman–Crippen MR) is 77.1 cm³/mol. The number of hydrogen-bond donors (Lipinski definition) is 2. The summed E-state index contributed by atoms with van der Waals surface area (Å²) in [5.74, 6) is 0.00428. The maximum Gasteiger partial charge on any atom is 0.251 e. The smallest absolute Gasteiger partial charge is 0.251 e. The van der Waals surface area contributed by atoms with Crippen LogP contribution in [0.5, 0.6) is 0 Å². The number of benzene rings is 1. The molecule has 1 amide bonds. The van der Waals surface area contributed by atoms with Crippen molar-refractivity contribution >= 4 is 5.91 Å². The molecule has 2 N–H and O–H groups in total. The van der Waals surface area contributed by atoms with E-state index in [0.29, 0.717) is 6.54 Å². The van der Waals surface area contributed by atoms with E-state index in [1.807, 2.05) is 32.3 Å². The minimum atomic E-state index is -0.0477. The molecule has 0 fully saturated rings. The average molecular weight is 261 g/mol. The summed E-state index contributed by atoms with van der Waals surface area (Å²) in [6, 6.07) is 5.94. The van der Waals surface area contributed by atoms with Gasteiger partial charge in [-0.1, -0.05) is 6.07 Å². The molecule has 1 aromatic rings. The third kappa shape index (κ3) is 3.14. The van der Waals surface area contributed by atoms with E-state index in [0.717, 1.165) is 18.7 Å². The average Bonchev–Trinajstić information content (AvgIpc) is 2.82. The quantitative estimate of drug-likeness (QED) is 0.860. The SMILES string of the molecule is CN(C)C(C)(C)CNC(=O)c1ccc2c(c1)CNC2. The zero-order valence-electron chi connectivity index (χ0n) is 12.2. The highest BCUT2D eigenvalue weighted by Gasteiger charge is 2.21. The minimum Gasteiger partial charge on any atom is -0.350 e. The highest BCUT2D eigenvalue weighted by Crippen LogP contribution is 2.17. The molecule has 0 saturated heterocycles. The lowest BCUT2D eigenvalue weighted by Gasteiger charge is -2.32. The minimum absolute atomic E-state index is 0.00428. The van der Waals surface area contributed by atoms with Crippen LogP contribution in [0.2, 0.25) is 0 Å². The van der Waals surface area contributed by atoms with Crippen molar-refractivity contribution in [1.29, 1.82) is 0 Å². The molecule has 2 rings (SSSR count). The summed E-state index contributed by atoms with van der Waals surface area (Å²) in [6.07, 6.45) is 0. The molecule has 0 saturated carbocycles. The van der Waals surface area contributed by atoms with Gasteiger partial charge < -0.3 is 15.5 Å². The van der Waals surface area contributed by atoms with Crippen molar-refractivity contribution in [2.24, 2.45) is 0 Å². The van der Waals surface area contributed by atoms with Crippen LogP contribution < -0.4 is 10.6 Å². The molecule has 4 heteroatoms. The van der Waals surface area contributed by atoms with Crippen molar-refractivity contribution in [3.05, 3.63) is 34.9 Å². The Kier molecular flexibility index (Phi) is 3.92. The number of nitrogens with one attached hydrogen (secondary N) is 2. The second-order valence-electron chi connectivity index (χ2n) is 5.98. The van der Waals surface area contributed by atoms with Gasteiger partial charge in [-0.25, -0.2) is 0 Å². The summed E-state index contributed by atoms with van der Waals surface area (Å²) in [5, 5.41) is 6.30. The topological polar surface area (TPSA) is 44.4 Å². The zero-order chi connectivity index (χ0) is 14.0. The van der Waals surface area contributed by atoms with Crippen LogP contribution >= 0.6 is 0 Å². The molecule has 0 atom stereocenters. The number of fused-ring (bicyclic) bond motifs is 1. The lowest BCUT2D eigenvalue weighted by atomic mass is 10.0. The van der Waals surface area contributed by atoms with Crippen molar-refractivity contribution in [1.82, 2.24) is 15.5 Å². The maximum atomic E-state index is 12.2. The van der Waals surface area contributed by atoms with Gasteiger partial charge in [0.15, 0.2) is 0 Å². The Balaban J connectivity index is 2.01. The normalized spacial score (nSPS) is 14.6. The van der Waals surface area contributed by atoms with E-state index < -0.39 is 0 Å². The van der Waals surface area contributed by atoms with E-state index in [-0.39, 0.29) is 11.4 Å².